The molecule has 1 rings (SSSR count). The highest BCUT2D eigenvalue weighted by atomic mass is 32.1. The van der Waals surface area contributed by atoms with Crippen LogP contribution in [0.25, 0.3) is 0 Å². The van der Waals surface area contributed by atoms with E-state index in [1.807, 2.05) is 18.4 Å². The highest BCUT2D eigenvalue weighted by Crippen LogP contribution is 2.17. The van der Waals surface area contributed by atoms with E-state index >= 15 is 0 Å². The van der Waals surface area contributed by atoms with Gasteiger partial charge in [0, 0.05) is 0 Å². The quantitative estimate of drug-likeness (QED) is 0.819. The van der Waals surface area contributed by atoms with Crippen LogP contribution in [0.15, 0.2) is 11.4 Å². The zero-order valence-electron chi connectivity index (χ0n) is 8.61. The van der Waals surface area contributed by atoms with Crippen LogP contribution < -0.4 is 5.32 Å². The van der Waals surface area contributed by atoms with Gasteiger partial charge < -0.3 is 10.4 Å². The van der Waals surface area contributed by atoms with E-state index in [2.05, 4.69) is 5.32 Å². The molecule has 1 aromatic heterocycles. The Kier molecular flexibility index (Phi) is 3.85. The standard InChI is InChI=1S/C10H13NO3S/c1-3-7-4-5-15-8(7)9(12)11-6(2)10(13)14/h4-6H,3H2,1-2H3,(H,11,12)(H,13,14). The number of carbonyl (C=O) groups is 2. The van der Waals surface area contributed by atoms with Crippen LogP contribution in [-0.4, -0.2) is 23.0 Å². The molecule has 0 spiro atoms. The second kappa shape index (κ2) is 4.93. The van der Waals surface area contributed by atoms with Crippen molar-refractivity contribution in [3.8, 4) is 0 Å². The molecule has 0 radical (unpaired) electrons. The van der Waals surface area contributed by atoms with Gasteiger partial charge in [-0.15, -0.1) is 11.3 Å². The van der Waals surface area contributed by atoms with Crippen molar-refractivity contribution in [3.63, 3.8) is 0 Å². The molecule has 1 aromatic rings. The molecule has 0 aromatic carbocycles. The minimum atomic E-state index is -1.03. The number of amides is 1. The van der Waals surface area contributed by atoms with Gasteiger partial charge in [-0.05, 0) is 30.4 Å². The van der Waals surface area contributed by atoms with E-state index in [0.29, 0.717) is 4.88 Å². The lowest BCUT2D eigenvalue weighted by Crippen LogP contribution is -2.38. The molecule has 0 fully saturated rings. The largest absolute Gasteiger partial charge is 0.480 e. The smallest absolute Gasteiger partial charge is 0.325 e. The third kappa shape index (κ3) is 2.79. The third-order valence-electron chi connectivity index (χ3n) is 2.05. The predicted molar refractivity (Wildman–Crippen MR) is 58.3 cm³/mol. The summed E-state index contributed by atoms with van der Waals surface area (Å²) < 4.78 is 0. The number of hydrogen-bond acceptors (Lipinski definition) is 3. The molecule has 1 atom stereocenters. The van der Waals surface area contributed by atoms with E-state index in [0.717, 1.165) is 12.0 Å². The molecule has 1 unspecified atom stereocenters. The van der Waals surface area contributed by atoms with Gasteiger partial charge in [0.2, 0.25) is 0 Å². The summed E-state index contributed by atoms with van der Waals surface area (Å²) in [6, 6.07) is 1.02. The molecule has 0 aliphatic carbocycles. The monoisotopic (exact) mass is 227 g/mol. The van der Waals surface area contributed by atoms with Gasteiger partial charge in [0.05, 0.1) is 4.88 Å². The molecule has 4 nitrogen and oxygen atoms in total. The fourth-order valence-electron chi connectivity index (χ4n) is 1.14. The lowest BCUT2D eigenvalue weighted by molar-refractivity contribution is -0.138. The maximum Gasteiger partial charge on any atom is 0.325 e. The van der Waals surface area contributed by atoms with Crippen molar-refractivity contribution in [2.24, 2.45) is 0 Å². The number of aryl methyl sites for hydroxylation is 1. The van der Waals surface area contributed by atoms with Gasteiger partial charge in [-0.25, -0.2) is 0 Å². The molecule has 0 saturated carbocycles. The Balaban J connectivity index is 2.73. The van der Waals surface area contributed by atoms with E-state index in [9.17, 15) is 9.59 Å². The average Bonchev–Trinajstić information content (AvgIpc) is 2.64. The van der Waals surface area contributed by atoms with Gasteiger partial charge in [0.25, 0.3) is 5.91 Å². The maximum absolute atomic E-state index is 11.6. The van der Waals surface area contributed by atoms with E-state index in [1.54, 1.807) is 0 Å². The third-order valence-corrected chi connectivity index (χ3v) is 3.01. The SMILES string of the molecule is CCc1ccsc1C(=O)NC(C)C(=O)O. The molecule has 5 heteroatoms. The van der Waals surface area contributed by atoms with Gasteiger partial charge in [0.15, 0.2) is 0 Å². The summed E-state index contributed by atoms with van der Waals surface area (Å²) in [5.74, 6) is -1.34. The first kappa shape index (κ1) is 11.7. The first-order valence-corrected chi connectivity index (χ1v) is 5.54. The highest BCUT2D eigenvalue weighted by Gasteiger charge is 2.17. The number of aliphatic carboxylic acids is 1. The van der Waals surface area contributed by atoms with Crippen LogP contribution in [0.2, 0.25) is 0 Å². The summed E-state index contributed by atoms with van der Waals surface area (Å²) in [7, 11) is 0. The van der Waals surface area contributed by atoms with Crippen molar-refractivity contribution < 1.29 is 14.7 Å². The van der Waals surface area contributed by atoms with Gasteiger partial charge >= 0.3 is 5.97 Å². The second-order valence-electron chi connectivity index (χ2n) is 3.16. The fourth-order valence-corrected chi connectivity index (χ4v) is 2.04. The fraction of sp³-hybridized carbons (Fsp3) is 0.400. The van der Waals surface area contributed by atoms with Crippen LogP contribution in [0.3, 0.4) is 0 Å². The Hall–Kier alpha value is -1.36. The van der Waals surface area contributed by atoms with E-state index in [1.165, 1.54) is 18.3 Å². The summed E-state index contributed by atoms with van der Waals surface area (Å²) >= 11 is 1.33. The lowest BCUT2D eigenvalue weighted by Gasteiger charge is -2.08. The van der Waals surface area contributed by atoms with Crippen molar-refractivity contribution in [2.45, 2.75) is 26.3 Å². The number of carboxylic acids is 1. The van der Waals surface area contributed by atoms with E-state index < -0.39 is 12.0 Å². The normalized spacial score (nSPS) is 12.1. The lowest BCUT2D eigenvalue weighted by atomic mass is 10.2. The van der Waals surface area contributed by atoms with E-state index in [-0.39, 0.29) is 5.91 Å². The topological polar surface area (TPSA) is 66.4 Å². The maximum atomic E-state index is 11.6. The second-order valence-corrected chi connectivity index (χ2v) is 4.08. The summed E-state index contributed by atoms with van der Waals surface area (Å²) in [5, 5.41) is 12.9. The molecule has 0 saturated heterocycles. The molecule has 1 amide bonds. The summed E-state index contributed by atoms with van der Waals surface area (Å²) in [4.78, 5) is 22.8. The zero-order valence-corrected chi connectivity index (χ0v) is 9.43. The highest BCUT2D eigenvalue weighted by molar-refractivity contribution is 7.12. The number of thiophene rings is 1. The van der Waals surface area contributed by atoms with Crippen LogP contribution >= 0.6 is 11.3 Å². The van der Waals surface area contributed by atoms with Gasteiger partial charge in [-0.2, -0.15) is 0 Å². The van der Waals surface area contributed by atoms with Crippen LogP contribution in [-0.2, 0) is 11.2 Å². The van der Waals surface area contributed by atoms with Crippen LogP contribution in [0.4, 0.5) is 0 Å². The van der Waals surface area contributed by atoms with Crippen molar-refractivity contribution in [1.82, 2.24) is 5.32 Å². The minimum absolute atomic E-state index is 0.309. The number of hydrogen-bond donors (Lipinski definition) is 2. The van der Waals surface area contributed by atoms with Gasteiger partial charge in [-0.1, -0.05) is 6.92 Å². The van der Waals surface area contributed by atoms with Crippen molar-refractivity contribution in [3.05, 3.63) is 21.9 Å². The molecule has 2 N–H and O–H groups in total. The summed E-state index contributed by atoms with van der Waals surface area (Å²) in [6.45, 7) is 3.40. The number of carbonyl (C=O) groups excluding carboxylic acids is 1. The molecule has 82 valence electrons. The zero-order chi connectivity index (χ0) is 11.4. The number of nitrogens with one attached hydrogen (secondary N) is 1. The molecular formula is C10H13NO3S. The van der Waals surface area contributed by atoms with Crippen molar-refractivity contribution in [2.75, 3.05) is 0 Å². The van der Waals surface area contributed by atoms with Crippen LogP contribution in [0.5, 0.6) is 0 Å². The first-order valence-electron chi connectivity index (χ1n) is 4.66. The number of carboxylic acid groups (broad SMARTS) is 1. The van der Waals surface area contributed by atoms with Gasteiger partial charge in [-0.3, -0.25) is 9.59 Å². The van der Waals surface area contributed by atoms with Crippen LogP contribution in [0, 0.1) is 0 Å². The Morgan fingerprint density at radius 3 is 2.80 bits per heavy atom. The van der Waals surface area contributed by atoms with Gasteiger partial charge in [0.1, 0.15) is 6.04 Å². The predicted octanol–water partition coefficient (Wildman–Crippen LogP) is 1.51. The Bertz CT molecular complexity index is 372. The minimum Gasteiger partial charge on any atom is -0.480 e. The Labute approximate surface area is 91.9 Å². The first-order chi connectivity index (χ1) is 7.06. The molecular weight excluding hydrogens is 214 g/mol. The molecule has 15 heavy (non-hydrogen) atoms. The van der Waals surface area contributed by atoms with Crippen molar-refractivity contribution >= 4 is 23.2 Å². The summed E-state index contributed by atoms with van der Waals surface area (Å²) in [6.07, 6.45) is 0.772. The Morgan fingerprint density at radius 2 is 2.27 bits per heavy atom. The molecule has 0 bridgehead atoms. The number of rotatable bonds is 4. The molecule has 0 aliphatic rings. The molecule has 0 aliphatic heterocycles. The van der Waals surface area contributed by atoms with E-state index in [4.69, 9.17) is 5.11 Å². The Morgan fingerprint density at radius 1 is 1.60 bits per heavy atom. The van der Waals surface area contributed by atoms with Crippen molar-refractivity contribution in [1.29, 1.82) is 0 Å². The molecule has 1 heterocycles. The van der Waals surface area contributed by atoms with Crippen LogP contribution in [0.1, 0.15) is 29.1 Å². The summed E-state index contributed by atoms with van der Waals surface area (Å²) in [5.41, 5.74) is 0.954. The average molecular weight is 227 g/mol.